The summed E-state index contributed by atoms with van der Waals surface area (Å²) in [5.41, 5.74) is -10.3. The molecule has 0 atom stereocenters. The van der Waals surface area contributed by atoms with Gasteiger partial charge in [0.25, 0.3) is 5.91 Å². The van der Waals surface area contributed by atoms with E-state index in [9.17, 15) is 53.5 Å². The van der Waals surface area contributed by atoms with Gasteiger partial charge in [0.2, 0.25) is 0 Å². The predicted molar refractivity (Wildman–Crippen MR) is 120 cm³/mol. The number of carbonyl (C=O) groups is 2. The number of pyridine rings is 1. The summed E-state index contributed by atoms with van der Waals surface area (Å²) in [7, 11) is 0. The first-order valence-electron chi connectivity index (χ1n) is 10.8. The van der Waals surface area contributed by atoms with Gasteiger partial charge in [-0.25, -0.2) is 18.9 Å². The number of rotatable bonds is 7. The number of carbonyl (C=O) groups excluding carboxylic acids is 2. The van der Waals surface area contributed by atoms with Crippen molar-refractivity contribution >= 4 is 29.3 Å². The molecule has 1 aromatic carbocycles. The summed E-state index contributed by atoms with van der Waals surface area (Å²) in [6, 6.07) is 4.16. The first-order chi connectivity index (χ1) is 18.9. The molecule has 0 aliphatic carbocycles. The summed E-state index contributed by atoms with van der Waals surface area (Å²) in [5, 5.41) is 7.25. The summed E-state index contributed by atoms with van der Waals surface area (Å²) in [4.78, 5) is 28.0. The van der Waals surface area contributed by atoms with Crippen LogP contribution in [0.15, 0.2) is 48.8 Å². The standard InChI is InChI=1S/C22H14ClF10N5O3/c23-14-2-1-7-34-16(14)38-10-13(15(37-38)20(25,26)27)17(39)35-8-9-41-18(40)36-12-5-3-11(4-6-12)19(24,21(28,29)30)22(31,32)33/h1-7,10H,8-9H2,(H,35,39)(H,36,40). The van der Waals surface area contributed by atoms with Gasteiger partial charge in [-0.05, 0) is 24.3 Å². The number of alkyl halides is 10. The molecule has 2 N–H and O–H groups in total. The first-order valence-corrected chi connectivity index (χ1v) is 11.2. The van der Waals surface area contributed by atoms with Crippen molar-refractivity contribution in [2.45, 2.75) is 24.2 Å². The molecule has 0 aliphatic heterocycles. The number of aromatic nitrogens is 3. The van der Waals surface area contributed by atoms with E-state index in [0.29, 0.717) is 16.8 Å². The van der Waals surface area contributed by atoms with E-state index in [4.69, 9.17) is 11.6 Å². The molecule has 0 fully saturated rings. The summed E-state index contributed by atoms with van der Waals surface area (Å²) in [5.74, 6) is -1.46. The van der Waals surface area contributed by atoms with Crippen LogP contribution in [0, 0.1) is 0 Å². The Morgan fingerprint density at radius 1 is 0.927 bits per heavy atom. The molecule has 2 aromatic heterocycles. The third-order valence-corrected chi connectivity index (χ3v) is 5.41. The van der Waals surface area contributed by atoms with Gasteiger partial charge in [0.05, 0.1) is 17.1 Å². The number of anilines is 1. The quantitative estimate of drug-likeness (QED) is 0.242. The highest BCUT2D eigenvalue weighted by Gasteiger charge is 2.73. The average molecular weight is 622 g/mol. The molecule has 2 heterocycles. The second-order valence-corrected chi connectivity index (χ2v) is 8.30. The third-order valence-electron chi connectivity index (χ3n) is 5.11. The van der Waals surface area contributed by atoms with Crippen molar-refractivity contribution in [1.82, 2.24) is 20.1 Å². The Labute approximate surface area is 227 Å². The van der Waals surface area contributed by atoms with Crippen molar-refractivity contribution in [3.05, 3.63) is 70.6 Å². The molecule has 0 spiro atoms. The van der Waals surface area contributed by atoms with E-state index in [1.807, 2.05) is 5.32 Å². The fraction of sp³-hybridized carbons (Fsp3) is 0.273. The number of halogens is 11. The molecule has 0 radical (unpaired) electrons. The van der Waals surface area contributed by atoms with Crippen molar-refractivity contribution in [1.29, 1.82) is 0 Å². The van der Waals surface area contributed by atoms with Gasteiger partial charge in [-0.3, -0.25) is 10.1 Å². The Balaban J connectivity index is 1.60. The maximum absolute atomic E-state index is 14.0. The lowest BCUT2D eigenvalue weighted by Crippen LogP contribution is -2.50. The van der Waals surface area contributed by atoms with E-state index in [1.165, 1.54) is 18.3 Å². The minimum atomic E-state index is -6.32. The number of amides is 2. The smallest absolute Gasteiger partial charge is 0.435 e. The van der Waals surface area contributed by atoms with E-state index < -0.39 is 66.2 Å². The van der Waals surface area contributed by atoms with Crippen LogP contribution in [0.3, 0.4) is 0 Å². The minimum absolute atomic E-state index is 0.0607. The molecule has 3 rings (SSSR count). The topological polar surface area (TPSA) is 98.1 Å². The highest BCUT2D eigenvalue weighted by atomic mass is 35.5. The van der Waals surface area contributed by atoms with Gasteiger partial charge in [0.1, 0.15) is 6.61 Å². The SMILES string of the molecule is O=C(Nc1ccc(C(F)(C(F)(F)F)C(F)(F)F)cc1)OCCNC(=O)c1cn(-c2ncccc2Cl)nc1C(F)(F)F. The molecule has 19 heteroatoms. The molecular weight excluding hydrogens is 608 g/mol. The molecule has 41 heavy (non-hydrogen) atoms. The maximum atomic E-state index is 14.0. The minimum Gasteiger partial charge on any atom is -0.447 e. The molecule has 0 unspecified atom stereocenters. The van der Waals surface area contributed by atoms with Crippen LogP contribution in [0.5, 0.6) is 0 Å². The van der Waals surface area contributed by atoms with Gasteiger partial charge in [0, 0.05) is 23.6 Å². The van der Waals surface area contributed by atoms with Gasteiger partial charge in [-0.15, -0.1) is 0 Å². The van der Waals surface area contributed by atoms with Crippen molar-refractivity contribution < 1.29 is 58.2 Å². The summed E-state index contributed by atoms with van der Waals surface area (Å²) < 4.78 is 137. The van der Waals surface area contributed by atoms with Crippen LogP contribution in [0.1, 0.15) is 21.6 Å². The van der Waals surface area contributed by atoms with E-state index in [1.54, 1.807) is 0 Å². The molecule has 8 nitrogen and oxygen atoms in total. The fourth-order valence-corrected chi connectivity index (χ4v) is 3.44. The van der Waals surface area contributed by atoms with Gasteiger partial charge >= 0.3 is 30.3 Å². The van der Waals surface area contributed by atoms with Crippen LogP contribution in [-0.2, 0) is 16.6 Å². The predicted octanol–water partition coefficient (Wildman–Crippen LogP) is 6.21. The molecule has 222 valence electrons. The van der Waals surface area contributed by atoms with Gasteiger partial charge in [0.15, 0.2) is 11.5 Å². The highest BCUT2D eigenvalue weighted by molar-refractivity contribution is 6.32. The largest absolute Gasteiger partial charge is 0.447 e. The normalized spacial score (nSPS) is 12.7. The fourth-order valence-electron chi connectivity index (χ4n) is 3.23. The Morgan fingerprint density at radius 3 is 2.07 bits per heavy atom. The summed E-state index contributed by atoms with van der Waals surface area (Å²) >= 11 is 5.90. The number of hydrogen-bond acceptors (Lipinski definition) is 5. The van der Waals surface area contributed by atoms with Gasteiger partial charge in [-0.2, -0.15) is 44.6 Å². The lowest BCUT2D eigenvalue weighted by Gasteiger charge is -2.30. The van der Waals surface area contributed by atoms with Gasteiger partial charge in [-0.1, -0.05) is 23.7 Å². The number of ether oxygens (including phenoxy) is 1. The number of nitrogens with one attached hydrogen (secondary N) is 2. The van der Waals surface area contributed by atoms with Crippen LogP contribution in [0.4, 0.5) is 54.4 Å². The zero-order chi connectivity index (χ0) is 30.8. The lowest BCUT2D eigenvalue weighted by atomic mass is 9.94. The molecule has 0 bridgehead atoms. The van der Waals surface area contributed by atoms with Crippen molar-refractivity contribution in [3.8, 4) is 5.82 Å². The number of benzene rings is 1. The molecular formula is C22H14ClF10N5O3. The molecule has 0 saturated heterocycles. The number of nitrogens with zero attached hydrogens (tertiary/aromatic N) is 3. The monoisotopic (exact) mass is 621 g/mol. The van der Waals surface area contributed by atoms with Gasteiger partial charge < -0.3 is 10.1 Å². The zero-order valence-electron chi connectivity index (χ0n) is 19.8. The molecule has 0 saturated carbocycles. The van der Waals surface area contributed by atoms with Crippen LogP contribution in [0.25, 0.3) is 5.82 Å². The van der Waals surface area contributed by atoms with Crippen LogP contribution < -0.4 is 10.6 Å². The van der Waals surface area contributed by atoms with Crippen LogP contribution in [0.2, 0.25) is 5.02 Å². The molecule has 0 aliphatic rings. The summed E-state index contributed by atoms with van der Waals surface area (Å²) in [6.45, 7) is -1.16. The van der Waals surface area contributed by atoms with E-state index in [-0.39, 0.29) is 28.7 Å². The van der Waals surface area contributed by atoms with Crippen LogP contribution in [-0.4, -0.2) is 52.3 Å². The Morgan fingerprint density at radius 2 is 1.54 bits per heavy atom. The third kappa shape index (κ3) is 6.80. The number of hydrogen-bond donors (Lipinski definition) is 2. The Kier molecular flexibility index (Phi) is 8.76. The maximum Gasteiger partial charge on any atom is 0.435 e. The second-order valence-electron chi connectivity index (χ2n) is 7.89. The molecule has 3 aromatic rings. The molecule has 2 amide bonds. The Bertz CT molecular complexity index is 1390. The average Bonchev–Trinajstić information content (AvgIpc) is 3.32. The zero-order valence-corrected chi connectivity index (χ0v) is 20.5. The highest BCUT2D eigenvalue weighted by Crippen LogP contribution is 2.53. The second kappa shape index (κ2) is 11.4. The Hall–Kier alpha value is -4.09. The van der Waals surface area contributed by atoms with Crippen molar-refractivity contribution in [2.24, 2.45) is 0 Å². The van der Waals surface area contributed by atoms with E-state index in [0.717, 1.165) is 6.20 Å². The summed E-state index contributed by atoms with van der Waals surface area (Å²) in [6.07, 6.45) is -17.0. The first kappa shape index (κ1) is 31.4. The van der Waals surface area contributed by atoms with Crippen molar-refractivity contribution in [3.63, 3.8) is 0 Å². The lowest BCUT2D eigenvalue weighted by molar-refractivity contribution is -0.348. The van der Waals surface area contributed by atoms with Crippen LogP contribution >= 0.6 is 11.6 Å². The van der Waals surface area contributed by atoms with Crippen molar-refractivity contribution in [2.75, 3.05) is 18.5 Å². The van der Waals surface area contributed by atoms with E-state index >= 15 is 0 Å². The van der Waals surface area contributed by atoms with E-state index in [2.05, 4.69) is 20.1 Å².